The van der Waals surface area contributed by atoms with Crippen molar-refractivity contribution in [3.8, 4) is 11.3 Å². The van der Waals surface area contributed by atoms with Gasteiger partial charge in [-0.05, 0) is 59.8 Å². The van der Waals surface area contributed by atoms with Crippen molar-refractivity contribution in [1.82, 2.24) is 19.1 Å². The Morgan fingerprint density at radius 2 is 1.88 bits per heavy atom. The van der Waals surface area contributed by atoms with Gasteiger partial charge < -0.3 is 20.1 Å². The van der Waals surface area contributed by atoms with E-state index in [0.717, 1.165) is 4.68 Å². The second-order valence-electron chi connectivity index (χ2n) is 8.90. The molecule has 2 aromatic carbocycles. The van der Waals surface area contributed by atoms with Crippen molar-refractivity contribution < 1.29 is 23.0 Å². The topological polar surface area (TPSA) is 168 Å². The van der Waals surface area contributed by atoms with Gasteiger partial charge in [-0.2, -0.15) is 13.5 Å². The van der Waals surface area contributed by atoms with E-state index in [9.17, 15) is 32.6 Å². The van der Waals surface area contributed by atoms with Crippen molar-refractivity contribution in [3.63, 3.8) is 0 Å². The van der Waals surface area contributed by atoms with Crippen LogP contribution in [0, 0.1) is 16.3 Å². The fourth-order valence-corrected chi connectivity index (χ4v) is 5.15. The molecular formula is C25H26FIN6O6S. The summed E-state index contributed by atoms with van der Waals surface area (Å²) < 4.78 is 46.3. The lowest BCUT2D eigenvalue weighted by atomic mass is 10.0. The van der Waals surface area contributed by atoms with Gasteiger partial charge in [-0.25, -0.2) is 13.8 Å². The number of nitrogens with zero attached hydrogens (tertiary/aromatic N) is 3. The molecule has 212 valence electrons. The Morgan fingerprint density at radius 1 is 1.15 bits per heavy atom. The van der Waals surface area contributed by atoms with Gasteiger partial charge in [0, 0.05) is 28.8 Å². The van der Waals surface area contributed by atoms with Crippen LogP contribution in [-0.2, 0) is 23.8 Å². The molecule has 0 spiro atoms. The summed E-state index contributed by atoms with van der Waals surface area (Å²) in [6, 6.07) is 10.6. The molecule has 0 amide bonds. The molecule has 0 fully saturated rings. The predicted octanol–water partition coefficient (Wildman–Crippen LogP) is 1.79. The molecule has 0 saturated carbocycles. The van der Waals surface area contributed by atoms with Gasteiger partial charge in [-0.15, -0.1) is 0 Å². The maximum absolute atomic E-state index is 14.8. The van der Waals surface area contributed by atoms with E-state index >= 15 is 0 Å². The van der Waals surface area contributed by atoms with Crippen LogP contribution in [0.25, 0.3) is 22.2 Å². The number of halogens is 2. The summed E-state index contributed by atoms with van der Waals surface area (Å²) in [5.74, 6) is -0.602. The molecule has 0 saturated heterocycles. The first-order valence-corrected chi connectivity index (χ1v) is 14.4. The van der Waals surface area contributed by atoms with Gasteiger partial charge in [-0.1, -0.05) is 12.1 Å². The Labute approximate surface area is 241 Å². The summed E-state index contributed by atoms with van der Waals surface area (Å²) in [5, 5.41) is 26.8. The number of aliphatic hydroxyl groups excluding tert-OH is 2. The molecular weight excluding hydrogens is 658 g/mol. The number of anilines is 3. The van der Waals surface area contributed by atoms with Crippen molar-refractivity contribution in [1.29, 1.82) is 0 Å². The lowest BCUT2D eigenvalue weighted by Crippen LogP contribution is -2.33. The fourth-order valence-electron chi connectivity index (χ4n) is 4.16. The zero-order valence-corrected chi connectivity index (χ0v) is 24.5. The number of fused-ring (bicyclic) bond motifs is 1. The van der Waals surface area contributed by atoms with Crippen LogP contribution in [0.5, 0.6) is 0 Å². The molecule has 2 heterocycles. The quantitative estimate of drug-likeness (QED) is 0.167. The zero-order valence-electron chi connectivity index (χ0n) is 21.6. The Bertz CT molecular complexity index is 1840. The number of hydrogen-bond donors (Lipinski definition) is 5. The predicted molar refractivity (Wildman–Crippen MR) is 159 cm³/mol. The monoisotopic (exact) mass is 684 g/mol. The number of benzene rings is 2. The molecule has 15 heteroatoms. The van der Waals surface area contributed by atoms with Crippen molar-refractivity contribution >= 4 is 60.8 Å². The second-order valence-corrected chi connectivity index (χ2v) is 11.8. The molecule has 40 heavy (non-hydrogen) atoms. The minimum absolute atomic E-state index is 0.0195. The van der Waals surface area contributed by atoms with Crippen molar-refractivity contribution in [2.45, 2.75) is 19.6 Å². The van der Waals surface area contributed by atoms with Crippen LogP contribution in [0.2, 0.25) is 0 Å². The average molecular weight is 684 g/mol. The summed E-state index contributed by atoms with van der Waals surface area (Å²) in [6.07, 6.45) is -1.33. The SMILES string of the molecule is CNS(=O)(=O)Nc1cccc(-c2nn(C[C@H](O)CO)c(=O)c3c(Nc4ccc(I)cc4F)c(C)c(=O)n(C)c23)c1. The zero-order chi connectivity index (χ0) is 29.4. The Balaban J connectivity index is 2.09. The second kappa shape index (κ2) is 11.6. The van der Waals surface area contributed by atoms with Crippen LogP contribution in [-0.4, -0.2) is 52.7 Å². The van der Waals surface area contributed by atoms with Crippen LogP contribution in [0.1, 0.15) is 5.56 Å². The number of nitrogens with one attached hydrogen (secondary N) is 3. The van der Waals surface area contributed by atoms with Crippen LogP contribution >= 0.6 is 22.6 Å². The van der Waals surface area contributed by atoms with Gasteiger partial charge in [-0.3, -0.25) is 14.3 Å². The van der Waals surface area contributed by atoms with E-state index in [1.807, 2.05) is 22.6 Å². The summed E-state index contributed by atoms with van der Waals surface area (Å²) in [6.45, 7) is 0.464. The highest BCUT2D eigenvalue weighted by molar-refractivity contribution is 14.1. The standard InChI is InChI=1S/C25H26FIN6O6S/c1-13-21(29-19-8-7-15(27)10-18(19)26)20-23(32(3)24(13)36)22(30-33(25(20)37)11-17(35)12-34)14-5-4-6-16(9-14)31-40(38,39)28-2/h4-10,17,28-29,31,34-35H,11-12H2,1-3H3/t17-/m0/s1. The third kappa shape index (κ3) is 5.87. The lowest BCUT2D eigenvalue weighted by Gasteiger charge is -2.20. The van der Waals surface area contributed by atoms with E-state index in [1.165, 1.54) is 49.9 Å². The number of hydrogen-bond acceptors (Lipinski definition) is 8. The summed E-state index contributed by atoms with van der Waals surface area (Å²) in [4.78, 5) is 27.1. The minimum Gasteiger partial charge on any atom is -0.394 e. The third-order valence-corrected chi connectivity index (χ3v) is 7.87. The first kappa shape index (κ1) is 29.6. The molecule has 0 aliphatic heterocycles. The lowest BCUT2D eigenvalue weighted by molar-refractivity contribution is 0.0772. The molecule has 0 bridgehead atoms. The van der Waals surface area contributed by atoms with Gasteiger partial charge >= 0.3 is 0 Å². The maximum atomic E-state index is 14.8. The van der Waals surface area contributed by atoms with E-state index in [4.69, 9.17) is 0 Å². The molecule has 0 aliphatic carbocycles. The van der Waals surface area contributed by atoms with Crippen LogP contribution in [0.15, 0.2) is 52.1 Å². The third-order valence-electron chi connectivity index (χ3n) is 6.16. The molecule has 0 aliphatic rings. The van der Waals surface area contributed by atoms with Crippen molar-refractivity contribution in [3.05, 3.63) is 78.1 Å². The van der Waals surface area contributed by atoms with Crippen LogP contribution in [0.3, 0.4) is 0 Å². The number of aromatic nitrogens is 3. The highest BCUT2D eigenvalue weighted by Crippen LogP contribution is 2.33. The highest BCUT2D eigenvalue weighted by atomic mass is 127. The van der Waals surface area contributed by atoms with Crippen molar-refractivity contribution in [2.75, 3.05) is 23.7 Å². The maximum Gasteiger partial charge on any atom is 0.298 e. The summed E-state index contributed by atoms with van der Waals surface area (Å²) >= 11 is 1.96. The Morgan fingerprint density at radius 3 is 2.52 bits per heavy atom. The number of rotatable bonds is 9. The molecule has 0 radical (unpaired) electrons. The van der Waals surface area contributed by atoms with Gasteiger partial charge in [0.15, 0.2) is 0 Å². The molecule has 4 aromatic rings. The van der Waals surface area contributed by atoms with Gasteiger partial charge in [0.25, 0.3) is 21.3 Å². The van der Waals surface area contributed by atoms with Gasteiger partial charge in [0.05, 0.1) is 47.2 Å². The number of pyridine rings is 1. The van der Waals surface area contributed by atoms with Gasteiger partial charge in [0.2, 0.25) is 0 Å². The molecule has 2 aromatic heterocycles. The minimum atomic E-state index is -3.85. The largest absolute Gasteiger partial charge is 0.394 e. The first-order valence-electron chi connectivity index (χ1n) is 11.8. The average Bonchev–Trinajstić information content (AvgIpc) is 2.91. The molecule has 4 rings (SSSR count). The fraction of sp³-hybridized carbons (Fsp3) is 0.240. The number of aryl methyl sites for hydroxylation is 1. The van der Waals surface area contributed by atoms with Crippen LogP contribution in [0.4, 0.5) is 21.5 Å². The molecule has 5 N–H and O–H groups in total. The summed E-state index contributed by atoms with van der Waals surface area (Å²) in [7, 11) is -1.16. The van der Waals surface area contributed by atoms with Crippen molar-refractivity contribution in [2.24, 2.45) is 7.05 Å². The Hall–Kier alpha value is -3.38. The smallest absolute Gasteiger partial charge is 0.298 e. The number of aliphatic hydroxyl groups is 2. The van der Waals surface area contributed by atoms with E-state index in [-0.39, 0.29) is 45.8 Å². The molecule has 0 unspecified atom stereocenters. The molecule has 1 atom stereocenters. The summed E-state index contributed by atoms with van der Waals surface area (Å²) in [5.41, 5.74) is -0.271. The van der Waals surface area contributed by atoms with E-state index in [2.05, 4.69) is 19.9 Å². The van der Waals surface area contributed by atoms with E-state index < -0.39 is 39.9 Å². The first-order chi connectivity index (χ1) is 18.9. The normalized spacial score (nSPS) is 12.5. The molecule has 12 nitrogen and oxygen atoms in total. The van der Waals surface area contributed by atoms with E-state index in [0.29, 0.717) is 9.13 Å². The van der Waals surface area contributed by atoms with Crippen LogP contribution < -0.4 is 25.9 Å². The van der Waals surface area contributed by atoms with E-state index in [1.54, 1.807) is 18.2 Å². The Kier molecular flexibility index (Phi) is 8.60. The highest BCUT2D eigenvalue weighted by Gasteiger charge is 2.24. The van der Waals surface area contributed by atoms with Gasteiger partial charge in [0.1, 0.15) is 11.5 Å².